The molecule has 3 N–H and O–H groups in total. The van der Waals surface area contributed by atoms with Gasteiger partial charge in [-0.25, -0.2) is 4.39 Å². The maximum absolute atomic E-state index is 14.1. The number of aromatic amines is 1. The number of nitrogens with one attached hydrogen (secondary N) is 1. The summed E-state index contributed by atoms with van der Waals surface area (Å²) >= 11 is 3.36. The molecule has 0 atom stereocenters. The molecule has 2 aromatic carbocycles. The van der Waals surface area contributed by atoms with Crippen molar-refractivity contribution in [1.29, 1.82) is 0 Å². The van der Waals surface area contributed by atoms with Crippen molar-refractivity contribution in [2.24, 2.45) is 0 Å². The molecule has 5 heteroatoms. The molecule has 0 spiro atoms. The van der Waals surface area contributed by atoms with E-state index in [1.165, 1.54) is 6.07 Å². The number of halogens is 2. The molecule has 0 fully saturated rings. The van der Waals surface area contributed by atoms with E-state index in [-0.39, 0.29) is 5.82 Å². The lowest BCUT2D eigenvalue weighted by Gasteiger charge is -2.07. The molecule has 0 aliphatic rings. The van der Waals surface area contributed by atoms with Crippen LogP contribution in [-0.2, 0) is 0 Å². The van der Waals surface area contributed by atoms with Crippen molar-refractivity contribution in [1.82, 2.24) is 10.2 Å². The first-order chi connectivity index (χ1) is 10.1. The topological polar surface area (TPSA) is 54.7 Å². The second kappa shape index (κ2) is 5.33. The Balaban J connectivity index is 2.24. The lowest BCUT2D eigenvalue weighted by Crippen LogP contribution is -1.91. The number of nitrogens with two attached hydrogens (primary N) is 1. The predicted molar refractivity (Wildman–Crippen MR) is 86.3 cm³/mol. The molecule has 1 heterocycles. The molecule has 21 heavy (non-hydrogen) atoms. The van der Waals surface area contributed by atoms with E-state index in [1.54, 1.807) is 12.1 Å². The van der Waals surface area contributed by atoms with Crippen LogP contribution in [-0.4, -0.2) is 10.2 Å². The first-order valence-electron chi connectivity index (χ1n) is 6.42. The normalized spacial score (nSPS) is 10.8. The second-order valence-electron chi connectivity index (χ2n) is 4.85. The highest BCUT2D eigenvalue weighted by Crippen LogP contribution is 2.36. The second-order valence-corrected chi connectivity index (χ2v) is 5.77. The van der Waals surface area contributed by atoms with E-state index in [0.717, 1.165) is 21.2 Å². The Kier molecular flexibility index (Phi) is 3.51. The third-order valence-electron chi connectivity index (χ3n) is 3.30. The molecule has 0 radical (unpaired) electrons. The van der Waals surface area contributed by atoms with Crippen molar-refractivity contribution < 1.29 is 4.39 Å². The quantitative estimate of drug-likeness (QED) is 0.716. The lowest BCUT2D eigenvalue weighted by atomic mass is 9.99. The van der Waals surface area contributed by atoms with E-state index in [9.17, 15) is 4.39 Å². The van der Waals surface area contributed by atoms with Crippen LogP contribution in [0.2, 0.25) is 0 Å². The molecule has 0 saturated heterocycles. The van der Waals surface area contributed by atoms with Gasteiger partial charge in [0, 0.05) is 10.0 Å². The van der Waals surface area contributed by atoms with E-state index in [2.05, 4.69) is 26.1 Å². The summed E-state index contributed by atoms with van der Waals surface area (Å²) in [5, 5.41) is 6.88. The summed E-state index contributed by atoms with van der Waals surface area (Å²) in [6, 6.07) is 12.7. The number of H-pyrrole nitrogens is 1. The zero-order chi connectivity index (χ0) is 15.0. The van der Waals surface area contributed by atoms with Crippen LogP contribution in [0.25, 0.3) is 22.4 Å². The molecule has 0 unspecified atom stereocenters. The molecule has 3 nitrogen and oxygen atoms in total. The monoisotopic (exact) mass is 345 g/mol. The van der Waals surface area contributed by atoms with Crippen LogP contribution in [0.15, 0.2) is 46.9 Å². The number of hydrogen-bond donors (Lipinski definition) is 2. The highest BCUT2D eigenvalue weighted by molar-refractivity contribution is 9.10. The van der Waals surface area contributed by atoms with Crippen LogP contribution >= 0.6 is 15.9 Å². The van der Waals surface area contributed by atoms with Gasteiger partial charge in [0.1, 0.15) is 5.82 Å². The van der Waals surface area contributed by atoms with Gasteiger partial charge in [-0.3, -0.25) is 5.10 Å². The molecule has 0 saturated carbocycles. The van der Waals surface area contributed by atoms with Gasteiger partial charge < -0.3 is 5.73 Å². The number of anilines is 1. The number of aromatic nitrogens is 2. The van der Waals surface area contributed by atoms with Crippen molar-refractivity contribution in [2.75, 3.05) is 5.73 Å². The van der Waals surface area contributed by atoms with Gasteiger partial charge in [-0.1, -0.05) is 45.8 Å². The molecule has 3 rings (SSSR count). The maximum Gasteiger partial charge on any atom is 0.153 e. The molecule has 0 aliphatic heterocycles. The third-order valence-corrected chi connectivity index (χ3v) is 3.79. The first-order valence-corrected chi connectivity index (χ1v) is 7.22. The van der Waals surface area contributed by atoms with Crippen molar-refractivity contribution in [3.8, 4) is 22.4 Å². The Morgan fingerprint density at radius 1 is 1.19 bits per heavy atom. The van der Waals surface area contributed by atoms with Gasteiger partial charge in [0.25, 0.3) is 0 Å². The van der Waals surface area contributed by atoms with E-state index < -0.39 is 0 Å². The highest BCUT2D eigenvalue weighted by Gasteiger charge is 2.17. The summed E-state index contributed by atoms with van der Waals surface area (Å²) in [6.45, 7) is 2.00. The molecule has 0 aliphatic carbocycles. The van der Waals surface area contributed by atoms with Gasteiger partial charge in [0.15, 0.2) is 5.82 Å². The van der Waals surface area contributed by atoms with Gasteiger partial charge in [-0.05, 0) is 30.7 Å². The minimum atomic E-state index is -0.323. The zero-order valence-corrected chi connectivity index (χ0v) is 12.9. The van der Waals surface area contributed by atoms with Crippen LogP contribution < -0.4 is 5.73 Å². The van der Waals surface area contributed by atoms with Crippen LogP contribution in [0, 0.1) is 12.7 Å². The number of hydrogen-bond acceptors (Lipinski definition) is 2. The van der Waals surface area contributed by atoms with Crippen LogP contribution in [0.1, 0.15) is 5.56 Å². The average Bonchev–Trinajstić information content (AvgIpc) is 2.83. The SMILES string of the molecule is Cc1cccc(-c2c(N)n[nH]c2-c2cc(Br)ccc2F)c1. The summed E-state index contributed by atoms with van der Waals surface area (Å²) in [4.78, 5) is 0. The lowest BCUT2D eigenvalue weighted by molar-refractivity contribution is 0.630. The summed E-state index contributed by atoms with van der Waals surface area (Å²) in [5.41, 5.74) is 9.72. The smallest absolute Gasteiger partial charge is 0.153 e. The van der Waals surface area contributed by atoms with Gasteiger partial charge in [0.05, 0.1) is 11.3 Å². The van der Waals surface area contributed by atoms with Crippen molar-refractivity contribution >= 4 is 21.7 Å². The molecule has 3 aromatic rings. The summed E-state index contributed by atoms with van der Waals surface area (Å²) in [5.74, 6) is 0.0331. The summed E-state index contributed by atoms with van der Waals surface area (Å²) in [6.07, 6.45) is 0. The van der Waals surface area contributed by atoms with Crippen LogP contribution in [0.4, 0.5) is 10.2 Å². The average molecular weight is 346 g/mol. The molecule has 0 amide bonds. The van der Waals surface area contributed by atoms with Crippen LogP contribution in [0.5, 0.6) is 0 Å². The minimum absolute atomic E-state index is 0.323. The Bertz CT molecular complexity index is 811. The summed E-state index contributed by atoms with van der Waals surface area (Å²) < 4.78 is 14.9. The number of benzene rings is 2. The van der Waals surface area contributed by atoms with Crippen LogP contribution in [0.3, 0.4) is 0 Å². The molecule has 1 aromatic heterocycles. The number of aryl methyl sites for hydroxylation is 1. The fourth-order valence-corrected chi connectivity index (χ4v) is 2.69. The maximum atomic E-state index is 14.1. The van der Waals surface area contributed by atoms with Gasteiger partial charge >= 0.3 is 0 Å². The van der Waals surface area contributed by atoms with Crippen molar-refractivity contribution in [3.05, 3.63) is 58.3 Å². The van der Waals surface area contributed by atoms with Gasteiger partial charge in [0.2, 0.25) is 0 Å². The fourth-order valence-electron chi connectivity index (χ4n) is 2.33. The standard InChI is InChI=1S/C16H13BrFN3/c1-9-3-2-4-10(7-9)14-15(20-21-16(14)19)12-8-11(17)5-6-13(12)18/h2-8H,1H3,(H3,19,20,21). The Morgan fingerprint density at radius 3 is 2.76 bits per heavy atom. The Labute approximate surface area is 130 Å². The number of nitrogen functional groups attached to an aromatic ring is 1. The molecule has 0 bridgehead atoms. The third kappa shape index (κ3) is 2.56. The predicted octanol–water partition coefficient (Wildman–Crippen LogP) is 4.54. The minimum Gasteiger partial charge on any atom is -0.382 e. The molecule has 106 valence electrons. The molecular formula is C16H13BrFN3. The van der Waals surface area contributed by atoms with Crippen molar-refractivity contribution in [2.45, 2.75) is 6.92 Å². The number of nitrogens with zero attached hydrogens (tertiary/aromatic N) is 1. The Hall–Kier alpha value is -2.14. The van der Waals surface area contributed by atoms with Gasteiger partial charge in [-0.15, -0.1) is 0 Å². The highest BCUT2D eigenvalue weighted by atomic mass is 79.9. The number of rotatable bonds is 2. The van der Waals surface area contributed by atoms with Crippen molar-refractivity contribution in [3.63, 3.8) is 0 Å². The first kappa shape index (κ1) is 13.8. The largest absolute Gasteiger partial charge is 0.382 e. The van der Waals surface area contributed by atoms with E-state index in [1.807, 2.05) is 31.2 Å². The van der Waals surface area contributed by atoms with E-state index in [0.29, 0.717) is 17.1 Å². The zero-order valence-electron chi connectivity index (χ0n) is 11.3. The fraction of sp³-hybridized carbons (Fsp3) is 0.0625. The van der Waals surface area contributed by atoms with E-state index in [4.69, 9.17) is 5.73 Å². The summed E-state index contributed by atoms with van der Waals surface area (Å²) in [7, 11) is 0. The Morgan fingerprint density at radius 2 is 2.00 bits per heavy atom. The molecular weight excluding hydrogens is 333 g/mol. The van der Waals surface area contributed by atoms with E-state index >= 15 is 0 Å². The van der Waals surface area contributed by atoms with Gasteiger partial charge in [-0.2, -0.15) is 5.10 Å².